The van der Waals surface area contributed by atoms with Gasteiger partial charge < -0.3 is 5.32 Å². The van der Waals surface area contributed by atoms with Crippen LogP contribution in [0.15, 0.2) is 0 Å². The molecule has 0 bridgehead atoms. The number of unbranched alkanes of at least 4 members (excludes halogenated alkanes) is 4. The van der Waals surface area contributed by atoms with E-state index < -0.39 is 10.0 Å². The first kappa shape index (κ1) is 17.9. The molecule has 4 nitrogen and oxygen atoms in total. The van der Waals surface area contributed by atoms with Crippen molar-refractivity contribution in [3.05, 3.63) is 0 Å². The predicted molar refractivity (Wildman–Crippen MR) is 78.0 cm³/mol. The Labute approximate surface area is 113 Å². The van der Waals surface area contributed by atoms with Crippen LogP contribution in [-0.4, -0.2) is 26.8 Å². The van der Waals surface area contributed by atoms with Crippen LogP contribution in [0.2, 0.25) is 0 Å². The highest BCUT2D eigenvalue weighted by molar-refractivity contribution is 7.89. The van der Waals surface area contributed by atoms with E-state index in [1.807, 2.05) is 0 Å². The van der Waals surface area contributed by atoms with Crippen LogP contribution in [-0.2, 0) is 10.0 Å². The Bertz CT molecular complexity index is 269. The first-order chi connectivity index (χ1) is 8.49. The average Bonchev–Trinajstić information content (AvgIpc) is 2.27. The quantitative estimate of drug-likeness (QED) is 0.538. The summed E-state index contributed by atoms with van der Waals surface area (Å²) < 4.78 is 21.7. The van der Waals surface area contributed by atoms with Crippen LogP contribution in [0.5, 0.6) is 0 Å². The zero-order valence-corrected chi connectivity index (χ0v) is 12.8. The van der Waals surface area contributed by atoms with Gasteiger partial charge in [-0.15, -0.1) is 0 Å². The van der Waals surface area contributed by atoms with Crippen LogP contribution < -0.4 is 10.5 Å². The fraction of sp³-hybridized carbons (Fsp3) is 1.00. The second kappa shape index (κ2) is 10.8. The molecular formula is C13H30N2O2S. The zero-order chi connectivity index (χ0) is 13.9. The molecule has 0 aromatic heterocycles. The van der Waals surface area contributed by atoms with Crippen molar-refractivity contribution in [1.29, 1.82) is 0 Å². The number of hydrogen-bond donors (Lipinski definition) is 2. The van der Waals surface area contributed by atoms with Gasteiger partial charge in [0.15, 0.2) is 0 Å². The molecule has 0 radical (unpaired) electrons. The Hall–Kier alpha value is -0.130. The number of sulfonamides is 1. The molecule has 0 aromatic carbocycles. The van der Waals surface area contributed by atoms with E-state index >= 15 is 0 Å². The summed E-state index contributed by atoms with van der Waals surface area (Å²) in [7, 11) is -3.33. The SMILES string of the molecule is CCCCCC(CCCCC)NCCS(N)(=O)=O. The van der Waals surface area contributed by atoms with Crippen molar-refractivity contribution in [1.82, 2.24) is 5.32 Å². The number of nitrogens with one attached hydrogen (secondary N) is 1. The Kier molecular flexibility index (Phi) is 10.7. The molecule has 0 saturated heterocycles. The summed E-state index contributed by atoms with van der Waals surface area (Å²) in [6.07, 6.45) is 9.66. The van der Waals surface area contributed by atoms with Gasteiger partial charge in [0.2, 0.25) is 10.0 Å². The number of hydrogen-bond acceptors (Lipinski definition) is 3. The van der Waals surface area contributed by atoms with Crippen LogP contribution >= 0.6 is 0 Å². The van der Waals surface area contributed by atoms with Gasteiger partial charge in [0.1, 0.15) is 0 Å². The minimum Gasteiger partial charge on any atom is -0.313 e. The molecule has 110 valence electrons. The topological polar surface area (TPSA) is 72.2 Å². The third-order valence-electron chi connectivity index (χ3n) is 3.13. The summed E-state index contributed by atoms with van der Waals surface area (Å²) in [6.45, 7) is 4.86. The molecule has 0 aromatic rings. The fourth-order valence-electron chi connectivity index (χ4n) is 2.04. The highest BCUT2D eigenvalue weighted by atomic mass is 32.2. The smallest absolute Gasteiger partial charge is 0.210 e. The van der Waals surface area contributed by atoms with Crippen molar-refractivity contribution in [3.8, 4) is 0 Å². The maximum atomic E-state index is 10.9. The van der Waals surface area contributed by atoms with E-state index in [-0.39, 0.29) is 5.75 Å². The van der Waals surface area contributed by atoms with Gasteiger partial charge in [-0.3, -0.25) is 0 Å². The van der Waals surface area contributed by atoms with Gasteiger partial charge in [-0.05, 0) is 12.8 Å². The van der Waals surface area contributed by atoms with Crippen LogP contribution in [0.3, 0.4) is 0 Å². The lowest BCUT2D eigenvalue weighted by Crippen LogP contribution is -2.34. The van der Waals surface area contributed by atoms with E-state index in [4.69, 9.17) is 5.14 Å². The van der Waals surface area contributed by atoms with Crippen molar-refractivity contribution < 1.29 is 8.42 Å². The first-order valence-electron chi connectivity index (χ1n) is 7.23. The van der Waals surface area contributed by atoms with Gasteiger partial charge in [-0.25, -0.2) is 13.6 Å². The van der Waals surface area contributed by atoms with Gasteiger partial charge in [0, 0.05) is 12.6 Å². The van der Waals surface area contributed by atoms with E-state index in [1.54, 1.807) is 0 Å². The standard InChI is InChI=1S/C13H30N2O2S/c1-3-5-7-9-13(10-8-6-4-2)15-11-12-18(14,16)17/h13,15H,3-12H2,1-2H3,(H2,14,16,17). The Balaban J connectivity index is 3.87. The number of primary sulfonamides is 1. The van der Waals surface area contributed by atoms with Crippen LogP contribution in [0.25, 0.3) is 0 Å². The molecule has 0 atom stereocenters. The maximum Gasteiger partial charge on any atom is 0.210 e. The van der Waals surface area contributed by atoms with Crippen LogP contribution in [0.4, 0.5) is 0 Å². The summed E-state index contributed by atoms with van der Waals surface area (Å²) in [5, 5.41) is 8.33. The van der Waals surface area contributed by atoms with Crippen LogP contribution in [0.1, 0.15) is 65.2 Å². The minimum atomic E-state index is -3.33. The van der Waals surface area contributed by atoms with Crippen molar-refractivity contribution >= 4 is 10.0 Å². The zero-order valence-electron chi connectivity index (χ0n) is 12.0. The van der Waals surface area contributed by atoms with Gasteiger partial charge in [-0.1, -0.05) is 52.4 Å². The number of nitrogens with two attached hydrogens (primary N) is 1. The molecule has 0 heterocycles. The molecule has 0 saturated carbocycles. The Morgan fingerprint density at radius 1 is 1.00 bits per heavy atom. The van der Waals surface area contributed by atoms with Crippen molar-refractivity contribution in [2.45, 2.75) is 71.3 Å². The third kappa shape index (κ3) is 12.3. The van der Waals surface area contributed by atoms with Gasteiger partial charge in [-0.2, -0.15) is 0 Å². The fourth-order valence-corrected chi connectivity index (χ4v) is 2.44. The third-order valence-corrected chi connectivity index (χ3v) is 3.91. The van der Waals surface area contributed by atoms with Crippen molar-refractivity contribution in [2.75, 3.05) is 12.3 Å². The maximum absolute atomic E-state index is 10.9. The summed E-state index contributed by atoms with van der Waals surface area (Å²) >= 11 is 0. The normalized spacial score (nSPS) is 12.2. The molecule has 18 heavy (non-hydrogen) atoms. The average molecular weight is 278 g/mol. The Morgan fingerprint density at radius 2 is 1.50 bits per heavy atom. The van der Waals surface area contributed by atoms with Gasteiger partial charge >= 0.3 is 0 Å². The van der Waals surface area contributed by atoms with E-state index in [9.17, 15) is 8.42 Å². The molecule has 0 aliphatic rings. The summed E-state index contributed by atoms with van der Waals surface area (Å²) in [5.74, 6) is 0.0328. The molecule has 0 spiro atoms. The molecular weight excluding hydrogens is 248 g/mol. The van der Waals surface area contributed by atoms with Crippen molar-refractivity contribution in [2.24, 2.45) is 5.14 Å². The van der Waals surface area contributed by atoms with Crippen molar-refractivity contribution in [3.63, 3.8) is 0 Å². The minimum absolute atomic E-state index is 0.0328. The molecule has 3 N–H and O–H groups in total. The summed E-state index contributed by atoms with van der Waals surface area (Å²) in [5.41, 5.74) is 0. The predicted octanol–water partition coefficient (Wildman–Crippen LogP) is 2.39. The monoisotopic (exact) mass is 278 g/mol. The highest BCUT2D eigenvalue weighted by Gasteiger charge is 2.09. The lowest BCUT2D eigenvalue weighted by Gasteiger charge is -2.18. The van der Waals surface area contributed by atoms with E-state index in [0.717, 1.165) is 12.8 Å². The van der Waals surface area contributed by atoms with Crippen LogP contribution in [0, 0.1) is 0 Å². The van der Waals surface area contributed by atoms with E-state index in [1.165, 1.54) is 38.5 Å². The molecule has 0 aliphatic carbocycles. The molecule has 0 amide bonds. The van der Waals surface area contributed by atoms with E-state index in [0.29, 0.717) is 12.6 Å². The first-order valence-corrected chi connectivity index (χ1v) is 8.95. The molecule has 0 rings (SSSR count). The highest BCUT2D eigenvalue weighted by Crippen LogP contribution is 2.10. The van der Waals surface area contributed by atoms with Gasteiger partial charge in [0.05, 0.1) is 5.75 Å². The Morgan fingerprint density at radius 3 is 1.89 bits per heavy atom. The largest absolute Gasteiger partial charge is 0.313 e. The molecule has 5 heteroatoms. The molecule has 0 unspecified atom stereocenters. The molecule has 0 aliphatic heterocycles. The lowest BCUT2D eigenvalue weighted by atomic mass is 10.0. The second-order valence-electron chi connectivity index (χ2n) is 5.01. The summed E-state index contributed by atoms with van der Waals surface area (Å²) in [6, 6.07) is 0.449. The lowest BCUT2D eigenvalue weighted by molar-refractivity contribution is 0.427. The molecule has 0 fully saturated rings. The van der Waals surface area contributed by atoms with E-state index in [2.05, 4.69) is 19.2 Å². The van der Waals surface area contributed by atoms with Gasteiger partial charge in [0.25, 0.3) is 0 Å². The summed E-state index contributed by atoms with van der Waals surface area (Å²) in [4.78, 5) is 0. The second-order valence-corrected chi connectivity index (χ2v) is 6.74. The number of rotatable bonds is 12.